The summed E-state index contributed by atoms with van der Waals surface area (Å²) in [6.07, 6.45) is -13.6. The van der Waals surface area contributed by atoms with Gasteiger partial charge in [-0.25, -0.2) is 0 Å². The van der Waals surface area contributed by atoms with Gasteiger partial charge in [-0.2, -0.15) is 48.3 Å². The van der Waals surface area contributed by atoms with Crippen LogP contribution < -0.4 is 4.74 Å². The highest BCUT2D eigenvalue weighted by Crippen LogP contribution is 2.57. The summed E-state index contributed by atoms with van der Waals surface area (Å²) in [6.45, 7) is 1.43. The molecule has 0 amide bonds. The molecule has 24 heavy (non-hydrogen) atoms. The molecule has 12 heteroatoms. The van der Waals surface area contributed by atoms with Crippen LogP contribution in [0.3, 0.4) is 0 Å². The maximum Gasteiger partial charge on any atom is 0.471 e. The van der Waals surface area contributed by atoms with E-state index in [0.29, 0.717) is 17.7 Å². The fourth-order valence-electron chi connectivity index (χ4n) is 1.38. The van der Waals surface area contributed by atoms with Crippen molar-refractivity contribution in [3.8, 4) is 5.75 Å². The fraction of sp³-hybridized carbons (Fsp3) is 0.500. The lowest BCUT2D eigenvalue weighted by molar-refractivity contribution is -0.445. The third-order valence-corrected chi connectivity index (χ3v) is 2.78. The first-order valence-corrected chi connectivity index (χ1v) is 5.81. The number of aryl methyl sites for hydroxylation is 1. The highest BCUT2D eigenvalue weighted by molar-refractivity contribution is 5.27. The largest absolute Gasteiger partial charge is 0.471 e. The molecule has 0 atom stereocenters. The molecular weight excluding hydrogens is 369 g/mol. The third kappa shape index (κ3) is 3.09. The lowest BCUT2D eigenvalue weighted by Crippen LogP contribution is -2.67. The molecule has 0 aliphatic carbocycles. The molecule has 0 bridgehead atoms. The van der Waals surface area contributed by atoms with Gasteiger partial charge in [-0.1, -0.05) is 17.7 Å². The maximum atomic E-state index is 13.2. The molecule has 0 N–H and O–H groups in total. The van der Waals surface area contributed by atoms with Crippen LogP contribution in [0.25, 0.3) is 0 Å². The Morgan fingerprint density at radius 3 is 1.42 bits per heavy atom. The zero-order valence-electron chi connectivity index (χ0n) is 11.4. The van der Waals surface area contributed by atoms with E-state index in [4.69, 9.17) is 0 Å². The highest BCUT2D eigenvalue weighted by atomic mass is 19.4. The van der Waals surface area contributed by atoms with Crippen molar-refractivity contribution in [1.29, 1.82) is 0 Å². The lowest BCUT2D eigenvalue weighted by Gasteiger charge is -2.36. The van der Waals surface area contributed by atoms with Gasteiger partial charge in [0.2, 0.25) is 0 Å². The van der Waals surface area contributed by atoms with Crippen LogP contribution in [0, 0.1) is 6.92 Å². The van der Waals surface area contributed by atoms with Crippen molar-refractivity contribution >= 4 is 0 Å². The number of benzene rings is 1. The molecule has 0 unspecified atom stereocenters. The van der Waals surface area contributed by atoms with Crippen molar-refractivity contribution in [3.63, 3.8) is 0 Å². The molecule has 0 aromatic heterocycles. The van der Waals surface area contributed by atoms with Gasteiger partial charge in [0, 0.05) is 0 Å². The molecule has 1 aromatic carbocycles. The standard InChI is InChI=1S/C12H7F11O/c1-6-2-4-7(5-3-6)24-12(22,23)10(17,18)8(13,14)9(15,16)11(19,20)21/h2-5H,1H3. The van der Waals surface area contributed by atoms with Crippen LogP contribution in [0.1, 0.15) is 5.56 Å². The lowest BCUT2D eigenvalue weighted by atomic mass is 10.0. The zero-order valence-corrected chi connectivity index (χ0v) is 11.4. The fourth-order valence-corrected chi connectivity index (χ4v) is 1.38. The van der Waals surface area contributed by atoms with E-state index in [1.807, 2.05) is 0 Å². The topological polar surface area (TPSA) is 9.23 Å². The Morgan fingerprint density at radius 1 is 0.625 bits per heavy atom. The molecule has 0 spiro atoms. The highest BCUT2D eigenvalue weighted by Gasteiger charge is 2.88. The van der Waals surface area contributed by atoms with Crippen LogP contribution in [0.5, 0.6) is 5.75 Å². The number of halogens is 11. The van der Waals surface area contributed by atoms with Gasteiger partial charge in [-0.05, 0) is 19.1 Å². The number of hydrogen-bond acceptors (Lipinski definition) is 1. The Kier molecular flexibility index (Phi) is 4.78. The van der Waals surface area contributed by atoms with Crippen LogP contribution in [0.4, 0.5) is 48.3 Å². The summed E-state index contributed by atoms with van der Waals surface area (Å²) < 4.78 is 143. The van der Waals surface area contributed by atoms with Crippen LogP contribution in [0.2, 0.25) is 0 Å². The molecule has 1 rings (SSSR count). The number of hydrogen-bond donors (Lipinski definition) is 0. The SMILES string of the molecule is Cc1ccc(OC(F)(F)C(F)(F)C(F)(F)C(F)(F)C(F)(F)F)cc1. The predicted octanol–water partition coefficient (Wildman–Crippen LogP) is 5.43. The van der Waals surface area contributed by atoms with Crippen LogP contribution in [0.15, 0.2) is 24.3 Å². The summed E-state index contributed by atoms with van der Waals surface area (Å²) in [7, 11) is 0. The van der Waals surface area contributed by atoms with Crippen molar-refractivity contribution < 1.29 is 53.0 Å². The Hall–Kier alpha value is -1.75. The average Bonchev–Trinajstić information content (AvgIpc) is 2.39. The smallest absolute Gasteiger partial charge is 0.428 e. The molecule has 1 nitrogen and oxygen atoms in total. The second-order valence-corrected chi connectivity index (χ2v) is 4.65. The van der Waals surface area contributed by atoms with E-state index < -0.39 is 35.8 Å². The normalized spacial score (nSPS) is 14.7. The monoisotopic (exact) mass is 376 g/mol. The van der Waals surface area contributed by atoms with Crippen LogP contribution in [-0.2, 0) is 0 Å². The van der Waals surface area contributed by atoms with Gasteiger partial charge in [-0.3, -0.25) is 0 Å². The van der Waals surface area contributed by atoms with Crippen molar-refractivity contribution in [1.82, 2.24) is 0 Å². The van der Waals surface area contributed by atoms with Gasteiger partial charge in [0.15, 0.2) is 0 Å². The van der Waals surface area contributed by atoms with Crippen molar-refractivity contribution in [2.24, 2.45) is 0 Å². The second-order valence-electron chi connectivity index (χ2n) is 4.65. The molecular formula is C12H7F11O. The van der Waals surface area contributed by atoms with E-state index in [-0.39, 0.29) is 0 Å². The van der Waals surface area contributed by atoms with Crippen LogP contribution >= 0.6 is 0 Å². The third-order valence-electron chi connectivity index (χ3n) is 2.78. The van der Waals surface area contributed by atoms with E-state index in [1.165, 1.54) is 6.92 Å². The molecule has 138 valence electrons. The molecule has 0 aliphatic rings. The number of rotatable bonds is 5. The summed E-state index contributed by atoms with van der Waals surface area (Å²) >= 11 is 0. The first-order chi connectivity index (χ1) is 10.5. The Balaban J connectivity index is 3.26. The molecule has 0 saturated carbocycles. The van der Waals surface area contributed by atoms with Crippen molar-refractivity contribution in [3.05, 3.63) is 29.8 Å². The average molecular weight is 376 g/mol. The van der Waals surface area contributed by atoms with E-state index in [1.54, 1.807) is 0 Å². The van der Waals surface area contributed by atoms with E-state index in [2.05, 4.69) is 4.74 Å². The van der Waals surface area contributed by atoms with Gasteiger partial charge in [-0.15, -0.1) is 0 Å². The minimum absolute atomic E-state index is 0.409. The van der Waals surface area contributed by atoms with Crippen molar-refractivity contribution in [2.75, 3.05) is 0 Å². The molecule has 1 aromatic rings. The number of alkyl halides is 11. The van der Waals surface area contributed by atoms with Gasteiger partial charge < -0.3 is 4.74 Å². The minimum atomic E-state index is -7.48. The quantitative estimate of drug-likeness (QED) is 0.623. The van der Waals surface area contributed by atoms with E-state index in [9.17, 15) is 48.3 Å². The van der Waals surface area contributed by atoms with E-state index in [0.717, 1.165) is 12.1 Å². The van der Waals surface area contributed by atoms with Crippen LogP contribution in [-0.4, -0.2) is 30.1 Å². The summed E-state index contributed by atoms with van der Waals surface area (Å²) in [5, 5.41) is 0. The molecule has 0 fully saturated rings. The van der Waals surface area contributed by atoms with Gasteiger partial charge >= 0.3 is 30.1 Å². The summed E-state index contributed by atoms with van der Waals surface area (Å²) in [6, 6.07) is 3.26. The Labute approximate surface area is 127 Å². The first-order valence-electron chi connectivity index (χ1n) is 5.81. The Morgan fingerprint density at radius 2 is 1.04 bits per heavy atom. The van der Waals surface area contributed by atoms with Crippen molar-refractivity contribution in [2.45, 2.75) is 37.0 Å². The number of ether oxygens (including phenoxy) is 1. The zero-order chi connectivity index (χ0) is 19.2. The van der Waals surface area contributed by atoms with E-state index >= 15 is 0 Å². The molecule has 0 radical (unpaired) electrons. The van der Waals surface area contributed by atoms with Gasteiger partial charge in [0.1, 0.15) is 5.75 Å². The predicted molar refractivity (Wildman–Crippen MR) is 57.7 cm³/mol. The first kappa shape index (κ1) is 20.3. The minimum Gasteiger partial charge on any atom is -0.428 e. The molecule has 0 aliphatic heterocycles. The molecule has 0 saturated heterocycles. The second kappa shape index (κ2) is 5.66. The van der Waals surface area contributed by atoms with Gasteiger partial charge in [0.25, 0.3) is 0 Å². The molecule has 0 heterocycles. The Bertz CT molecular complexity index is 574. The summed E-state index contributed by atoms with van der Waals surface area (Å²) in [4.78, 5) is 0. The summed E-state index contributed by atoms with van der Waals surface area (Å²) in [5.74, 6) is -23.2. The summed E-state index contributed by atoms with van der Waals surface area (Å²) in [5.41, 5.74) is 0.409. The maximum absolute atomic E-state index is 13.2. The van der Waals surface area contributed by atoms with Gasteiger partial charge in [0.05, 0.1) is 0 Å².